The summed E-state index contributed by atoms with van der Waals surface area (Å²) < 4.78 is 0. The van der Waals surface area contributed by atoms with Gasteiger partial charge in [0.15, 0.2) is 11.6 Å². The molecule has 0 saturated heterocycles. The highest BCUT2D eigenvalue weighted by molar-refractivity contribution is 5.61. The zero-order valence-corrected chi connectivity index (χ0v) is 14.0. The summed E-state index contributed by atoms with van der Waals surface area (Å²) in [6, 6.07) is 16.6. The Balaban J connectivity index is 2.13. The molecule has 0 unspecified atom stereocenters. The summed E-state index contributed by atoms with van der Waals surface area (Å²) in [6.45, 7) is 8.36. The molecule has 3 rings (SSSR count). The van der Waals surface area contributed by atoms with E-state index < -0.39 is 0 Å². The first-order valence-corrected chi connectivity index (χ1v) is 7.93. The van der Waals surface area contributed by atoms with Crippen LogP contribution in [0.1, 0.15) is 36.7 Å². The van der Waals surface area contributed by atoms with Crippen LogP contribution in [0.25, 0.3) is 22.8 Å². The normalized spacial score (nSPS) is 11.0. The first kappa shape index (κ1) is 15.3. The van der Waals surface area contributed by atoms with Gasteiger partial charge in [-0.2, -0.15) is 0 Å². The lowest BCUT2D eigenvalue weighted by Crippen LogP contribution is -2.04. The molecule has 0 spiro atoms. The van der Waals surface area contributed by atoms with Crippen LogP contribution in [0.2, 0.25) is 0 Å². The Labute approximate surface area is 137 Å². The minimum Gasteiger partial charge on any atom is -0.213 e. The van der Waals surface area contributed by atoms with Crippen LogP contribution in [0.15, 0.2) is 48.5 Å². The van der Waals surface area contributed by atoms with E-state index in [1.807, 2.05) is 0 Å². The number of nitrogens with zero attached hydrogens (tertiary/aromatic N) is 3. The summed E-state index contributed by atoms with van der Waals surface area (Å²) in [7, 11) is 0. The van der Waals surface area contributed by atoms with Gasteiger partial charge in [0.05, 0.1) is 0 Å². The van der Waals surface area contributed by atoms with E-state index >= 15 is 0 Å². The van der Waals surface area contributed by atoms with Gasteiger partial charge >= 0.3 is 0 Å². The summed E-state index contributed by atoms with van der Waals surface area (Å²) in [5.41, 5.74) is 4.50. The number of rotatable bonds is 3. The van der Waals surface area contributed by atoms with Gasteiger partial charge in [-0.05, 0) is 13.8 Å². The van der Waals surface area contributed by atoms with E-state index in [9.17, 15) is 0 Å². The zero-order chi connectivity index (χ0) is 16.4. The van der Waals surface area contributed by atoms with Crippen molar-refractivity contribution in [3.05, 3.63) is 65.5 Å². The van der Waals surface area contributed by atoms with Crippen LogP contribution in [0, 0.1) is 13.8 Å². The lowest BCUT2D eigenvalue weighted by atomic mass is 10.1. The highest BCUT2D eigenvalue weighted by Crippen LogP contribution is 2.23. The Morgan fingerprint density at radius 3 is 1.35 bits per heavy atom. The Bertz CT molecular complexity index is 740. The summed E-state index contributed by atoms with van der Waals surface area (Å²) in [5.74, 6) is 2.55. The summed E-state index contributed by atoms with van der Waals surface area (Å²) in [6.07, 6.45) is 0. The third-order valence-corrected chi connectivity index (χ3v) is 3.79. The van der Waals surface area contributed by atoms with Gasteiger partial charge in [0.25, 0.3) is 0 Å². The highest BCUT2D eigenvalue weighted by atomic mass is 15.0. The molecule has 0 aliphatic carbocycles. The fraction of sp³-hybridized carbons (Fsp3) is 0.250. The topological polar surface area (TPSA) is 38.7 Å². The summed E-state index contributed by atoms with van der Waals surface area (Å²) in [4.78, 5) is 14.0. The molecule has 0 N–H and O–H groups in total. The molecular weight excluding hydrogens is 282 g/mol. The maximum Gasteiger partial charge on any atom is 0.163 e. The van der Waals surface area contributed by atoms with Gasteiger partial charge in [0.1, 0.15) is 5.82 Å². The fourth-order valence-electron chi connectivity index (χ4n) is 2.31. The molecule has 1 aromatic heterocycles. The second-order valence-electron chi connectivity index (χ2n) is 6.23. The average molecular weight is 303 g/mol. The monoisotopic (exact) mass is 303 g/mol. The Kier molecular flexibility index (Phi) is 4.20. The summed E-state index contributed by atoms with van der Waals surface area (Å²) >= 11 is 0. The molecule has 0 bridgehead atoms. The molecule has 23 heavy (non-hydrogen) atoms. The number of aryl methyl sites for hydroxylation is 2. The maximum atomic E-state index is 4.69. The lowest BCUT2D eigenvalue weighted by Gasteiger charge is -2.10. The standard InChI is InChI=1S/C20H21N3/c1-13(2)18-21-19(16-9-5-14(3)6-10-16)23-20(22-18)17-11-7-15(4)8-12-17/h5-13H,1-4H3. The van der Waals surface area contributed by atoms with E-state index in [-0.39, 0.29) is 5.92 Å². The molecular formula is C20H21N3. The van der Waals surface area contributed by atoms with E-state index in [2.05, 4.69) is 86.2 Å². The smallest absolute Gasteiger partial charge is 0.163 e. The van der Waals surface area contributed by atoms with E-state index in [0.717, 1.165) is 28.6 Å². The van der Waals surface area contributed by atoms with Crippen LogP contribution in [-0.2, 0) is 0 Å². The van der Waals surface area contributed by atoms with Crippen LogP contribution in [-0.4, -0.2) is 15.0 Å². The van der Waals surface area contributed by atoms with Crippen LogP contribution in [0.3, 0.4) is 0 Å². The zero-order valence-electron chi connectivity index (χ0n) is 14.0. The molecule has 0 aliphatic rings. The van der Waals surface area contributed by atoms with Crippen molar-refractivity contribution in [2.24, 2.45) is 0 Å². The Morgan fingerprint density at radius 1 is 0.609 bits per heavy atom. The molecule has 0 saturated carbocycles. The van der Waals surface area contributed by atoms with E-state index in [0.29, 0.717) is 0 Å². The molecule has 0 atom stereocenters. The second-order valence-corrected chi connectivity index (χ2v) is 6.23. The molecule has 3 aromatic rings. The number of hydrogen-bond donors (Lipinski definition) is 0. The molecule has 0 aliphatic heterocycles. The van der Waals surface area contributed by atoms with Gasteiger partial charge in [-0.25, -0.2) is 15.0 Å². The van der Waals surface area contributed by atoms with Crippen molar-refractivity contribution in [1.82, 2.24) is 15.0 Å². The van der Waals surface area contributed by atoms with E-state index in [1.54, 1.807) is 0 Å². The molecule has 0 radical (unpaired) electrons. The number of benzene rings is 2. The minimum absolute atomic E-state index is 0.256. The highest BCUT2D eigenvalue weighted by Gasteiger charge is 2.12. The Morgan fingerprint density at radius 2 is 1.00 bits per heavy atom. The van der Waals surface area contributed by atoms with Gasteiger partial charge < -0.3 is 0 Å². The third-order valence-electron chi connectivity index (χ3n) is 3.79. The first-order chi connectivity index (χ1) is 11.0. The minimum atomic E-state index is 0.256. The largest absolute Gasteiger partial charge is 0.213 e. The Hall–Kier alpha value is -2.55. The number of aromatic nitrogens is 3. The quantitative estimate of drug-likeness (QED) is 0.687. The molecule has 3 nitrogen and oxygen atoms in total. The van der Waals surface area contributed by atoms with Crippen LogP contribution < -0.4 is 0 Å². The van der Waals surface area contributed by atoms with Crippen LogP contribution in [0.4, 0.5) is 0 Å². The van der Waals surface area contributed by atoms with Crippen molar-refractivity contribution < 1.29 is 0 Å². The van der Waals surface area contributed by atoms with Crippen molar-refractivity contribution in [1.29, 1.82) is 0 Å². The molecule has 1 heterocycles. The van der Waals surface area contributed by atoms with Gasteiger partial charge in [-0.3, -0.25) is 0 Å². The predicted octanol–water partition coefficient (Wildman–Crippen LogP) is 4.95. The molecule has 116 valence electrons. The van der Waals surface area contributed by atoms with Crippen LogP contribution >= 0.6 is 0 Å². The molecule has 0 fully saturated rings. The first-order valence-electron chi connectivity index (χ1n) is 7.93. The predicted molar refractivity (Wildman–Crippen MR) is 94.3 cm³/mol. The molecule has 3 heteroatoms. The van der Waals surface area contributed by atoms with Gasteiger partial charge in [-0.1, -0.05) is 73.5 Å². The van der Waals surface area contributed by atoms with Crippen molar-refractivity contribution in [3.63, 3.8) is 0 Å². The summed E-state index contributed by atoms with van der Waals surface area (Å²) in [5, 5.41) is 0. The van der Waals surface area contributed by atoms with Crippen molar-refractivity contribution in [3.8, 4) is 22.8 Å². The van der Waals surface area contributed by atoms with E-state index in [4.69, 9.17) is 4.98 Å². The third kappa shape index (κ3) is 3.45. The molecule has 2 aromatic carbocycles. The van der Waals surface area contributed by atoms with Gasteiger partial charge in [-0.15, -0.1) is 0 Å². The lowest BCUT2D eigenvalue weighted by molar-refractivity contribution is 0.766. The van der Waals surface area contributed by atoms with Crippen molar-refractivity contribution in [2.75, 3.05) is 0 Å². The second kappa shape index (κ2) is 6.29. The average Bonchev–Trinajstić information content (AvgIpc) is 2.55. The van der Waals surface area contributed by atoms with Crippen LogP contribution in [0.5, 0.6) is 0 Å². The maximum absolute atomic E-state index is 4.69. The SMILES string of the molecule is Cc1ccc(-c2nc(-c3ccc(C)cc3)nc(C(C)C)n2)cc1. The van der Waals surface area contributed by atoms with Gasteiger partial charge in [0, 0.05) is 17.0 Å². The number of hydrogen-bond acceptors (Lipinski definition) is 3. The molecule has 0 amide bonds. The van der Waals surface area contributed by atoms with Crippen molar-refractivity contribution >= 4 is 0 Å². The van der Waals surface area contributed by atoms with E-state index in [1.165, 1.54) is 11.1 Å². The van der Waals surface area contributed by atoms with Crippen molar-refractivity contribution in [2.45, 2.75) is 33.6 Å². The fourth-order valence-corrected chi connectivity index (χ4v) is 2.31. The van der Waals surface area contributed by atoms with Gasteiger partial charge in [0.2, 0.25) is 0 Å².